The van der Waals surface area contributed by atoms with Gasteiger partial charge in [-0.3, -0.25) is 4.79 Å². The van der Waals surface area contributed by atoms with Gasteiger partial charge >= 0.3 is 5.97 Å². The third-order valence-electron chi connectivity index (χ3n) is 4.12. The number of para-hydroxylation sites is 1. The first-order valence-electron chi connectivity index (χ1n) is 7.37. The number of hydrogen-bond acceptors (Lipinski definition) is 3. The Hall–Kier alpha value is -2.82. The fourth-order valence-electron chi connectivity index (χ4n) is 2.93. The van der Waals surface area contributed by atoms with Gasteiger partial charge in [0.15, 0.2) is 0 Å². The van der Waals surface area contributed by atoms with Gasteiger partial charge in [-0.25, -0.2) is 4.79 Å². The fraction of sp³-hybridized carbons (Fsp3) is 0.222. The molecule has 118 valence electrons. The predicted octanol–water partition coefficient (Wildman–Crippen LogP) is 2.91. The van der Waals surface area contributed by atoms with Crippen LogP contribution in [0.5, 0.6) is 5.75 Å². The lowest BCUT2D eigenvalue weighted by molar-refractivity contribution is -0.117. The Morgan fingerprint density at radius 2 is 1.96 bits per heavy atom. The van der Waals surface area contributed by atoms with Crippen LogP contribution in [0, 0.1) is 0 Å². The Kier molecular flexibility index (Phi) is 4.02. The first-order valence-corrected chi connectivity index (χ1v) is 7.37. The largest absolute Gasteiger partial charge is 0.496 e. The van der Waals surface area contributed by atoms with Crippen LogP contribution in [0.4, 0.5) is 5.69 Å². The molecule has 1 saturated heterocycles. The lowest BCUT2D eigenvalue weighted by atomic mass is 9.96. The topological polar surface area (TPSA) is 66.8 Å². The Labute approximate surface area is 134 Å². The van der Waals surface area contributed by atoms with Crippen molar-refractivity contribution < 1.29 is 19.4 Å². The van der Waals surface area contributed by atoms with E-state index in [1.165, 1.54) is 13.2 Å². The Morgan fingerprint density at radius 3 is 2.61 bits per heavy atom. The van der Waals surface area contributed by atoms with Gasteiger partial charge in [0.05, 0.1) is 7.11 Å². The summed E-state index contributed by atoms with van der Waals surface area (Å²) in [6, 6.07) is 14.6. The van der Waals surface area contributed by atoms with E-state index in [0.717, 1.165) is 11.3 Å². The number of carboxylic acid groups (broad SMARTS) is 1. The van der Waals surface area contributed by atoms with Crippen molar-refractivity contribution in [1.29, 1.82) is 0 Å². The minimum Gasteiger partial charge on any atom is -0.496 e. The monoisotopic (exact) mass is 311 g/mol. The molecule has 1 unspecified atom stereocenters. The molecule has 0 aromatic heterocycles. The third kappa shape index (κ3) is 2.90. The van der Waals surface area contributed by atoms with Gasteiger partial charge in [-0.15, -0.1) is 0 Å². The molecule has 1 aliphatic heterocycles. The minimum absolute atomic E-state index is 0.0273. The van der Waals surface area contributed by atoms with Gasteiger partial charge in [-0.2, -0.15) is 0 Å². The zero-order valence-electron chi connectivity index (χ0n) is 12.7. The molecule has 2 aromatic carbocycles. The molecule has 5 heteroatoms. The number of hydrogen-bond donors (Lipinski definition) is 1. The molecule has 0 bridgehead atoms. The second-order valence-corrected chi connectivity index (χ2v) is 5.51. The van der Waals surface area contributed by atoms with Gasteiger partial charge in [0.25, 0.3) is 0 Å². The first kappa shape index (κ1) is 15.1. The summed E-state index contributed by atoms with van der Waals surface area (Å²) in [5.41, 5.74) is 1.92. The summed E-state index contributed by atoms with van der Waals surface area (Å²) < 4.78 is 5.17. The van der Waals surface area contributed by atoms with E-state index in [1.807, 2.05) is 30.3 Å². The maximum atomic E-state index is 12.3. The van der Waals surface area contributed by atoms with Crippen LogP contribution in [0.25, 0.3) is 0 Å². The maximum Gasteiger partial charge on any atom is 0.339 e. The smallest absolute Gasteiger partial charge is 0.339 e. The van der Waals surface area contributed by atoms with Gasteiger partial charge in [-0.1, -0.05) is 24.3 Å². The highest BCUT2D eigenvalue weighted by molar-refractivity contribution is 5.96. The number of carbonyl (C=O) groups is 2. The summed E-state index contributed by atoms with van der Waals surface area (Å²) in [6.07, 6.45) is 0.407. The Bertz CT molecular complexity index is 742. The number of ether oxygens (including phenoxy) is 1. The highest BCUT2D eigenvalue weighted by atomic mass is 16.5. The summed E-state index contributed by atoms with van der Waals surface area (Å²) in [7, 11) is 1.45. The summed E-state index contributed by atoms with van der Waals surface area (Å²) in [4.78, 5) is 25.2. The quantitative estimate of drug-likeness (QED) is 0.943. The second-order valence-electron chi connectivity index (χ2n) is 5.51. The number of anilines is 1. The zero-order chi connectivity index (χ0) is 16.4. The molecule has 5 nitrogen and oxygen atoms in total. The van der Waals surface area contributed by atoms with Gasteiger partial charge in [0, 0.05) is 24.6 Å². The molecule has 1 amide bonds. The van der Waals surface area contributed by atoms with Crippen molar-refractivity contribution >= 4 is 17.6 Å². The summed E-state index contributed by atoms with van der Waals surface area (Å²) >= 11 is 0. The lowest BCUT2D eigenvalue weighted by Crippen LogP contribution is -2.24. The molecule has 1 N–H and O–H groups in total. The van der Waals surface area contributed by atoms with Crippen LogP contribution in [0.15, 0.2) is 48.5 Å². The average molecular weight is 311 g/mol. The van der Waals surface area contributed by atoms with Gasteiger partial charge in [0.2, 0.25) is 5.91 Å². The number of methoxy groups -OCH3 is 1. The van der Waals surface area contributed by atoms with Crippen molar-refractivity contribution in [3.63, 3.8) is 0 Å². The van der Waals surface area contributed by atoms with E-state index < -0.39 is 5.97 Å². The van der Waals surface area contributed by atoms with Crippen molar-refractivity contribution in [1.82, 2.24) is 0 Å². The molecule has 2 aromatic rings. The average Bonchev–Trinajstić information content (AvgIpc) is 2.96. The molecule has 0 saturated carbocycles. The van der Waals surface area contributed by atoms with E-state index in [-0.39, 0.29) is 17.4 Å². The van der Waals surface area contributed by atoms with Crippen LogP contribution in [-0.4, -0.2) is 30.6 Å². The van der Waals surface area contributed by atoms with E-state index in [2.05, 4.69) is 0 Å². The normalized spacial score (nSPS) is 17.3. The van der Waals surface area contributed by atoms with Crippen molar-refractivity contribution in [2.45, 2.75) is 12.3 Å². The number of aromatic carboxylic acids is 1. The van der Waals surface area contributed by atoms with Crippen LogP contribution in [-0.2, 0) is 4.79 Å². The third-order valence-corrected chi connectivity index (χ3v) is 4.12. The van der Waals surface area contributed by atoms with Crippen LogP contribution < -0.4 is 9.64 Å². The maximum absolute atomic E-state index is 12.3. The fourth-order valence-corrected chi connectivity index (χ4v) is 2.93. The number of carbonyl (C=O) groups excluding carboxylic acids is 1. The van der Waals surface area contributed by atoms with Gasteiger partial charge < -0.3 is 14.7 Å². The van der Waals surface area contributed by atoms with Crippen LogP contribution in [0.3, 0.4) is 0 Å². The van der Waals surface area contributed by atoms with E-state index in [0.29, 0.717) is 18.7 Å². The van der Waals surface area contributed by atoms with E-state index in [4.69, 9.17) is 9.84 Å². The van der Waals surface area contributed by atoms with Crippen molar-refractivity contribution in [3.8, 4) is 5.75 Å². The van der Waals surface area contributed by atoms with Gasteiger partial charge in [-0.05, 0) is 29.8 Å². The molecule has 1 heterocycles. The highest BCUT2D eigenvalue weighted by Crippen LogP contribution is 2.34. The summed E-state index contributed by atoms with van der Waals surface area (Å²) in [5, 5.41) is 9.14. The lowest BCUT2D eigenvalue weighted by Gasteiger charge is -2.17. The van der Waals surface area contributed by atoms with E-state index >= 15 is 0 Å². The van der Waals surface area contributed by atoms with Crippen molar-refractivity contribution in [2.75, 3.05) is 18.6 Å². The molecule has 1 fully saturated rings. The molecule has 23 heavy (non-hydrogen) atoms. The number of benzene rings is 2. The molecular formula is C18H17NO4. The van der Waals surface area contributed by atoms with Crippen molar-refractivity contribution in [3.05, 3.63) is 59.7 Å². The molecule has 0 spiro atoms. The van der Waals surface area contributed by atoms with Crippen LogP contribution >= 0.6 is 0 Å². The molecular weight excluding hydrogens is 294 g/mol. The minimum atomic E-state index is -1.03. The van der Waals surface area contributed by atoms with E-state index in [1.54, 1.807) is 17.0 Å². The molecule has 1 atom stereocenters. The van der Waals surface area contributed by atoms with Gasteiger partial charge in [0.1, 0.15) is 11.3 Å². The zero-order valence-corrected chi connectivity index (χ0v) is 12.7. The molecule has 3 rings (SSSR count). The van der Waals surface area contributed by atoms with Crippen LogP contribution in [0.1, 0.15) is 28.3 Å². The molecule has 0 radical (unpaired) electrons. The molecule has 1 aliphatic rings. The Morgan fingerprint density at radius 1 is 1.22 bits per heavy atom. The second kappa shape index (κ2) is 6.12. The number of rotatable bonds is 4. The summed E-state index contributed by atoms with van der Waals surface area (Å²) in [6.45, 7) is 0.582. The summed E-state index contributed by atoms with van der Waals surface area (Å²) in [5.74, 6) is -0.607. The van der Waals surface area contributed by atoms with Crippen molar-refractivity contribution in [2.24, 2.45) is 0 Å². The van der Waals surface area contributed by atoms with E-state index in [9.17, 15) is 9.59 Å². The number of nitrogens with zero attached hydrogens (tertiary/aromatic N) is 1. The predicted molar refractivity (Wildman–Crippen MR) is 86.1 cm³/mol. The Balaban J connectivity index is 1.86. The number of carboxylic acids is 1. The number of amides is 1. The first-order chi connectivity index (χ1) is 11.1. The van der Waals surface area contributed by atoms with Crippen LogP contribution in [0.2, 0.25) is 0 Å². The standard InChI is InChI=1S/C18H17NO4/c1-23-16-9-12(7-8-15(16)18(21)22)13-10-17(20)19(11-13)14-5-3-2-4-6-14/h2-9,13H,10-11H2,1H3,(H,21,22). The SMILES string of the molecule is COc1cc(C2CC(=O)N(c3ccccc3)C2)ccc1C(=O)O. The molecule has 0 aliphatic carbocycles. The highest BCUT2D eigenvalue weighted by Gasteiger charge is 2.32.